The van der Waals surface area contributed by atoms with Crippen LogP contribution in [0.1, 0.15) is 35.1 Å². The van der Waals surface area contributed by atoms with Gasteiger partial charge in [0.05, 0.1) is 34.0 Å². The number of anilines is 1. The third-order valence-electron chi connectivity index (χ3n) is 6.88. The van der Waals surface area contributed by atoms with E-state index in [0.29, 0.717) is 35.7 Å². The number of hydrogen-bond donors (Lipinski definition) is 1. The van der Waals surface area contributed by atoms with Crippen LogP contribution < -0.4 is 24.3 Å². The van der Waals surface area contributed by atoms with Crippen molar-refractivity contribution >= 4 is 5.69 Å². The molecule has 0 saturated heterocycles. The third-order valence-corrected chi connectivity index (χ3v) is 6.88. The molecule has 3 aromatic carbocycles. The summed E-state index contributed by atoms with van der Waals surface area (Å²) in [5.74, 6) is 3.61. The predicted octanol–water partition coefficient (Wildman–Crippen LogP) is 6.16. The summed E-state index contributed by atoms with van der Waals surface area (Å²) in [7, 11) is 4.94. The highest BCUT2D eigenvalue weighted by atomic mass is 16.5. The van der Waals surface area contributed by atoms with Gasteiger partial charge < -0.3 is 24.3 Å². The van der Waals surface area contributed by atoms with E-state index in [4.69, 9.17) is 18.9 Å². The quantitative estimate of drug-likeness (QED) is 0.411. The van der Waals surface area contributed by atoms with Crippen LogP contribution in [0.15, 0.2) is 72.8 Å². The second-order valence-electron chi connectivity index (χ2n) is 8.77. The van der Waals surface area contributed by atoms with Crippen LogP contribution in [0.25, 0.3) is 0 Å². The lowest BCUT2D eigenvalue weighted by Gasteiger charge is -2.38. The molecule has 1 aliphatic carbocycles. The zero-order chi connectivity index (χ0) is 23.5. The van der Waals surface area contributed by atoms with Crippen molar-refractivity contribution in [2.75, 3.05) is 33.3 Å². The summed E-state index contributed by atoms with van der Waals surface area (Å²) < 4.78 is 22.9. The van der Waals surface area contributed by atoms with E-state index < -0.39 is 0 Å². The van der Waals surface area contributed by atoms with Gasteiger partial charge >= 0.3 is 0 Å². The van der Waals surface area contributed by atoms with Gasteiger partial charge in [0.2, 0.25) is 5.75 Å². The van der Waals surface area contributed by atoms with Crippen molar-refractivity contribution in [1.29, 1.82) is 0 Å². The first-order valence-electron chi connectivity index (χ1n) is 11.8. The minimum absolute atomic E-state index is 0.131. The number of methoxy groups -OCH3 is 3. The lowest BCUT2D eigenvalue weighted by Crippen LogP contribution is -2.29. The molecule has 1 heterocycles. The second kappa shape index (κ2) is 9.72. The van der Waals surface area contributed by atoms with Gasteiger partial charge in [-0.3, -0.25) is 0 Å². The standard InChI is InChI=1S/C29H31NO4/c1-31-26-16-20(17-27(32-2)29(26)33-3)28-23-11-7-10-22(23)24-18-21(12-13-25(24)30-28)34-15-14-19-8-5-4-6-9-19/h4-10,12-13,16-18,22-23,28,30H,11,14-15H2,1-3H3. The van der Waals surface area contributed by atoms with Crippen LogP contribution in [-0.4, -0.2) is 27.9 Å². The molecular formula is C29H31NO4. The van der Waals surface area contributed by atoms with E-state index in [0.717, 1.165) is 29.8 Å². The van der Waals surface area contributed by atoms with Gasteiger partial charge in [-0.1, -0.05) is 42.5 Å². The van der Waals surface area contributed by atoms with Gasteiger partial charge in [0.1, 0.15) is 5.75 Å². The predicted molar refractivity (Wildman–Crippen MR) is 135 cm³/mol. The molecular weight excluding hydrogens is 426 g/mol. The number of nitrogens with one attached hydrogen (secondary N) is 1. The average molecular weight is 458 g/mol. The van der Waals surface area contributed by atoms with E-state index in [1.807, 2.05) is 6.07 Å². The van der Waals surface area contributed by atoms with Crippen LogP contribution in [0.2, 0.25) is 0 Å². The molecule has 0 fully saturated rings. The average Bonchev–Trinajstić information content (AvgIpc) is 3.38. The van der Waals surface area contributed by atoms with E-state index in [-0.39, 0.29) is 6.04 Å². The molecule has 3 atom stereocenters. The van der Waals surface area contributed by atoms with Crippen molar-refractivity contribution < 1.29 is 18.9 Å². The van der Waals surface area contributed by atoms with Crippen LogP contribution >= 0.6 is 0 Å². The molecule has 2 aliphatic rings. The van der Waals surface area contributed by atoms with Crippen LogP contribution in [0.4, 0.5) is 5.69 Å². The molecule has 0 amide bonds. The maximum atomic E-state index is 6.12. The summed E-state index contributed by atoms with van der Waals surface area (Å²) in [6, 6.07) is 21.1. The highest BCUT2D eigenvalue weighted by Crippen LogP contribution is 2.52. The zero-order valence-electron chi connectivity index (χ0n) is 19.9. The topological polar surface area (TPSA) is 49.0 Å². The summed E-state index contributed by atoms with van der Waals surface area (Å²) in [4.78, 5) is 0. The number of ether oxygens (including phenoxy) is 4. The molecule has 5 nitrogen and oxygen atoms in total. The first-order chi connectivity index (χ1) is 16.7. The van der Waals surface area contributed by atoms with E-state index >= 15 is 0 Å². The molecule has 1 aliphatic heterocycles. The Balaban J connectivity index is 1.39. The normalized spacial score (nSPS) is 20.1. The number of hydrogen-bond acceptors (Lipinski definition) is 5. The number of fused-ring (bicyclic) bond motifs is 3. The van der Waals surface area contributed by atoms with Crippen molar-refractivity contribution in [3.05, 3.63) is 89.5 Å². The molecule has 0 radical (unpaired) electrons. The lowest BCUT2D eigenvalue weighted by atomic mass is 9.77. The van der Waals surface area contributed by atoms with Crippen LogP contribution in [0.5, 0.6) is 23.0 Å². The van der Waals surface area contributed by atoms with Gasteiger partial charge in [-0.2, -0.15) is 0 Å². The van der Waals surface area contributed by atoms with Gasteiger partial charge in [-0.15, -0.1) is 0 Å². The smallest absolute Gasteiger partial charge is 0.203 e. The second-order valence-corrected chi connectivity index (χ2v) is 8.77. The molecule has 3 unspecified atom stereocenters. The minimum atomic E-state index is 0.131. The van der Waals surface area contributed by atoms with E-state index in [9.17, 15) is 0 Å². The molecule has 176 valence electrons. The monoisotopic (exact) mass is 457 g/mol. The largest absolute Gasteiger partial charge is 0.493 e. The Morgan fingerprint density at radius 2 is 1.65 bits per heavy atom. The molecule has 34 heavy (non-hydrogen) atoms. The number of benzene rings is 3. The zero-order valence-corrected chi connectivity index (χ0v) is 19.9. The Morgan fingerprint density at radius 1 is 0.882 bits per heavy atom. The molecule has 5 heteroatoms. The summed E-state index contributed by atoms with van der Waals surface area (Å²) in [5, 5.41) is 3.79. The Hall–Kier alpha value is -3.60. The van der Waals surface area contributed by atoms with Crippen LogP contribution in [0.3, 0.4) is 0 Å². The van der Waals surface area contributed by atoms with Gasteiger partial charge in [-0.05, 0) is 59.4 Å². The maximum Gasteiger partial charge on any atom is 0.203 e. The van der Waals surface area contributed by atoms with Crippen molar-refractivity contribution in [2.24, 2.45) is 5.92 Å². The van der Waals surface area contributed by atoms with Gasteiger partial charge in [0.25, 0.3) is 0 Å². The van der Waals surface area contributed by atoms with Crippen LogP contribution in [0, 0.1) is 5.92 Å². The summed E-state index contributed by atoms with van der Waals surface area (Å²) in [5.41, 5.74) is 4.85. The Morgan fingerprint density at radius 3 is 2.35 bits per heavy atom. The third kappa shape index (κ3) is 4.18. The maximum absolute atomic E-state index is 6.12. The van der Waals surface area contributed by atoms with Crippen molar-refractivity contribution in [3.8, 4) is 23.0 Å². The van der Waals surface area contributed by atoms with E-state index in [1.54, 1.807) is 21.3 Å². The first-order valence-corrected chi connectivity index (χ1v) is 11.8. The number of allylic oxidation sites excluding steroid dienone is 2. The highest BCUT2D eigenvalue weighted by Gasteiger charge is 2.38. The SMILES string of the molecule is COc1cc(C2Nc3ccc(OCCc4ccccc4)cc3C3C=CCC32)cc(OC)c1OC. The fourth-order valence-corrected chi connectivity index (χ4v) is 5.20. The van der Waals surface area contributed by atoms with Gasteiger partial charge in [-0.25, -0.2) is 0 Å². The molecule has 0 spiro atoms. The minimum Gasteiger partial charge on any atom is -0.493 e. The molecule has 0 bridgehead atoms. The lowest BCUT2D eigenvalue weighted by molar-refractivity contribution is 0.320. The fourth-order valence-electron chi connectivity index (χ4n) is 5.20. The molecule has 0 aromatic heterocycles. The Labute approximate surface area is 201 Å². The van der Waals surface area contributed by atoms with E-state index in [2.05, 4.69) is 72.1 Å². The molecule has 1 N–H and O–H groups in total. The summed E-state index contributed by atoms with van der Waals surface area (Å²) >= 11 is 0. The van der Waals surface area contributed by atoms with Gasteiger partial charge in [0, 0.05) is 18.0 Å². The molecule has 3 aromatic rings. The van der Waals surface area contributed by atoms with Gasteiger partial charge in [0.15, 0.2) is 11.5 Å². The highest BCUT2D eigenvalue weighted by molar-refractivity contribution is 5.63. The molecule has 5 rings (SSSR count). The van der Waals surface area contributed by atoms with E-state index in [1.165, 1.54) is 11.1 Å². The Bertz CT molecular complexity index is 1150. The van der Waals surface area contributed by atoms with Crippen molar-refractivity contribution in [2.45, 2.75) is 24.8 Å². The van der Waals surface area contributed by atoms with Crippen molar-refractivity contribution in [3.63, 3.8) is 0 Å². The number of rotatable bonds is 8. The Kier molecular flexibility index (Phi) is 6.35. The molecule has 0 saturated carbocycles. The van der Waals surface area contributed by atoms with Crippen LogP contribution in [-0.2, 0) is 6.42 Å². The summed E-state index contributed by atoms with van der Waals surface area (Å²) in [6.45, 7) is 0.661. The first kappa shape index (κ1) is 22.2. The summed E-state index contributed by atoms with van der Waals surface area (Å²) in [6.07, 6.45) is 6.53. The fraction of sp³-hybridized carbons (Fsp3) is 0.310. The van der Waals surface area contributed by atoms with Crippen molar-refractivity contribution in [1.82, 2.24) is 0 Å².